The smallest absolute Gasteiger partial charge is 0.335 e. The van der Waals surface area contributed by atoms with Crippen molar-refractivity contribution in [2.75, 3.05) is 16.6 Å². The molecule has 0 heterocycles. The summed E-state index contributed by atoms with van der Waals surface area (Å²) in [6.45, 7) is 14.8. The van der Waals surface area contributed by atoms with Crippen molar-refractivity contribution >= 4 is 58.1 Å². The molecule has 0 atom stereocenters. The van der Waals surface area contributed by atoms with E-state index in [-0.39, 0.29) is 6.79 Å². The molecule has 12 heteroatoms. The number of anilines is 6. The molecule has 0 bridgehead atoms. The van der Waals surface area contributed by atoms with Crippen LogP contribution in [0.25, 0.3) is 6.08 Å². The van der Waals surface area contributed by atoms with Crippen LogP contribution >= 0.6 is 0 Å². The van der Waals surface area contributed by atoms with Crippen molar-refractivity contribution in [2.45, 2.75) is 13.2 Å². The minimum absolute atomic E-state index is 0.0348. The summed E-state index contributed by atoms with van der Waals surface area (Å²) in [5.41, 5.74) is 8.25. The van der Waals surface area contributed by atoms with E-state index in [0.29, 0.717) is 53.5 Å². The lowest BCUT2D eigenvalue weighted by Gasteiger charge is -2.26. The van der Waals surface area contributed by atoms with Gasteiger partial charge in [-0.1, -0.05) is 68.8 Å². The largest absolute Gasteiger partial charge is 0.489 e. The van der Waals surface area contributed by atoms with Crippen LogP contribution in [-0.4, -0.2) is 24.7 Å². The number of carbonyl (C=O) groups excluding carboxylic acids is 3. The number of carbonyl (C=O) groups is 3. The standard InChI is InChI=1S/C62H50N2O10/c1-5-44-9-15-47(16-10-44)63(48-17-11-45(12-18-48)41-68-53-33-37-58(38-34-53)73-61(66)7-3)50-21-27-55(28-22-50)70-43-71-56-29-23-51(24-30-56)64(52-25-31-57(32-26-52)72-60(65)6-2)49-19-13-46(14-20-49)42-69-54-35-39-59(40-36-54)74-62(67)8-4/h5-40H,1-4,41-43H2. The Bertz CT molecular complexity index is 3190. The second-order valence-corrected chi connectivity index (χ2v) is 16.1. The second kappa shape index (κ2) is 24.7. The van der Waals surface area contributed by atoms with Crippen LogP contribution in [0, 0.1) is 0 Å². The summed E-state index contributed by atoms with van der Waals surface area (Å²) < 4.78 is 39.8. The molecule has 0 spiro atoms. The Morgan fingerprint density at radius 3 is 0.865 bits per heavy atom. The first-order valence-corrected chi connectivity index (χ1v) is 23.2. The third kappa shape index (κ3) is 13.6. The fourth-order valence-corrected chi connectivity index (χ4v) is 7.36. The molecule has 0 N–H and O–H groups in total. The average Bonchev–Trinajstić information content (AvgIpc) is 3.45. The topological polar surface area (TPSA) is 122 Å². The van der Waals surface area contributed by atoms with Crippen LogP contribution in [0.1, 0.15) is 16.7 Å². The van der Waals surface area contributed by atoms with E-state index in [2.05, 4.69) is 48.2 Å². The second-order valence-electron chi connectivity index (χ2n) is 16.1. The molecule has 0 aromatic heterocycles. The number of hydrogen-bond donors (Lipinski definition) is 0. The number of esters is 3. The molecule has 0 radical (unpaired) electrons. The van der Waals surface area contributed by atoms with Gasteiger partial charge in [0.15, 0.2) is 0 Å². The highest BCUT2D eigenvalue weighted by atomic mass is 16.7. The van der Waals surface area contributed by atoms with Gasteiger partial charge in [0, 0.05) is 52.4 Å². The van der Waals surface area contributed by atoms with Crippen molar-refractivity contribution < 1.29 is 47.5 Å². The van der Waals surface area contributed by atoms with Gasteiger partial charge in [0.25, 0.3) is 0 Å². The molecule has 0 amide bonds. The van der Waals surface area contributed by atoms with Crippen molar-refractivity contribution in [3.8, 4) is 40.2 Å². The van der Waals surface area contributed by atoms with E-state index in [1.165, 1.54) is 0 Å². The van der Waals surface area contributed by atoms with E-state index in [1.807, 2.05) is 127 Å². The summed E-state index contributed by atoms with van der Waals surface area (Å²) >= 11 is 0. The van der Waals surface area contributed by atoms with Gasteiger partial charge in [0.1, 0.15) is 53.5 Å². The summed E-state index contributed by atoms with van der Waals surface area (Å²) in [6, 6.07) is 60.5. The Labute approximate surface area is 429 Å². The van der Waals surface area contributed by atoms with Crippen LogP contribution < -0.4 is 43.0 Å². The molecule has 368 valence electrons. The lowest BCUT2D eigenvalue weighted by atomic mass is 10.1. The zero-order valence-electron chi connectivity index (χ0n) is 40.2. The van der Waals surface area contributed by atoms with Gasteiger partial charge in [-0.25, -0.2) is 14.4 Å². The Kier molecular flexibility index (Phi) is 16.8. The van der Waals surface area contributed by atoms with E-state index < -0.39 is 17.9 Å². The van der Waals surface area contributed by atoms with Crippen LogP contribution in [0.4, 0.5) is 34.1 Å². The van der Waals surface area contributed by atoms with Gasteiger partial charge in [-0.05, 0) is 174 Å². The molecule has 0 unspecified atom stereocenters. The van der Waals surface area contributed by atoms with Crippen molar-refractivity contribution in [1.82, 2.24) is 0 Å². The maximum Gasteiger partial charge on any atom is 0.335 e. The van der Waals surface area contributed by atoms with E-state index in [4.69, 9.17) is 33.2 Å². The summed E-state index contributed by atoms with van der Waals surface area (Å²) in [4.78, 5) is 39.1. The molecule has 8 rings (SSSR count). The van der Waals surface area contributed by atoms with Gasteiger partial charge >= 0.3 is 17.9 Å². The number of hydrogen-bond acceptors (Lipinski definition) is 12. The third-order valence-corrected chi connectivity index (χ3v) is 11.1. The molecular formula is C62H50N2O10. The molecule has 0 aliphatic heterocycles. The zero-order chi connectivity index (χ0) is 51.7. The Hall–Kier alpha value is -10.1. The maximum atomic E-state index is 11.9. The molecule has 8 aromatic rings. The van der Waals surface area contributed by atoms with Crippen molar-refractivity contribution in [1.29, 1.82) is 0 Å². The van der Waals surface area contributed by atoms with E-state index in [0.717, 1.165) is 69.0 Å². The Morgan fingerprint density at radius 2 is 0.568 bits per heavy atom. The average molecular weight is 983 g/mol. The van der Waals surface area contributed by atoms with Gasteiger partial charge in [-0.15, -0.1) is 0 Å². The molecule has 0 saturated carbocycles. The number of rotatable bonds is 23. The first-order valence-electron chi connectivity index (χ1n) is 23.2. The zero-order valence-corrected chi connectivity index (χ0v) is 40.2. The first kappa shape index (κ1) is 50.3. The molecule has 12 nitrogen and oxygen atoms in total. The number of ether oxygens (including phenoxy) is 7. The summed E-state index contributed by atoms with van der Waals surface area (Å²) in [5, 5.41) is 0. The van der Waals surface area contributed by atoms with E-state index in [1.54, 1.807) is 60.7 Å². The predicted molar refractivity (Wildman–Crippen MR) is 288 cm³/mol. The van der Waals surface area contributed by atoms with Crippen LogP contribution in [-0.2, 0) is 27.6 Å². The van der Waals surface area contributed by atoms with Crippen molar-refractivity contribution in [2.24, 2.45) is 0 Å². The van der Waals surface area contributed by atoms with Crippen LogP contribution in [0.5, 0.6) is 40.2 Å². The van der Waals surface area contributed by atoms with Gasteiger partial charge in [0.05, 0.1) is 0 Å². The molecule has 0 aliphatic carbocycles. The SMILES string of the molecule is C=CC(=O)Oc1ccc(OCc2ccc(N(c3ccc(C=C)cc3)c3ccc(OCOc4ccc(N(c5ccc(COc6ccc(OC(=O)C=C)cc6)cc5)c5ccc(OC(=O)C=C)cc5)cc4)cc3)cc2)cc1. The fraction of sp³-hybridized carbons (Fsp3) is 0.0484. The monoisotopic (exact) mass is 982 g/mol. The van der Waals surface area contributed by atoms with E-state index in [9.17, 15) is 14.4 Å². The molecule has 0 fully saturated rings. The number of benzene rings is 8. The highest BCUT2D eigenvalue weighted by Gasteiger charge is 2.16. The molecule has 0 saturated heterocycles. The molecule has 8 aromatic carbocycles. The minimum Gasteiger partial charge on any atom is -0.489 e. The summed E-state index contributed by atoms with van der Waals surface area (Å²) in [7, 11) is 0. The molecule has 74 heavy (non-hydrogen) atoms. The normalized spacial score (nSPS) is 10.4. The van der Waals surface area contributed by atoms with Gasteiger partial charge < -0.3 is 43.0 Å². The first-order chi connectivity index (χ1) is 36.2. The van der Waals surface area contributed by atoms with Gasteiger partial charge in [0.2, 0.25) is 6.79 Å². The lowest BCUT2D eigenvalue weighted by Crippen LogP contribution is -2.11. The van der Waals surface area contributed by atoms with Crippen molar-refractivity contribution in [3.63, 3.8) is 0 Å². The highest BCUT2D eigenvalue weighted by Crippen LogP contribution is 2.38. The lowest BCUT2D eigenvalue weighted by molar-refractivity contribution is -0.129. The predicted octanol–water partition coefficient (Wildman–Crippen LogP) is 14.1. The molecule has 0 aliphatic rings. The summed E-state index contributed by atoms with van der Waals surface area (Å²) in [6.07, 6.45) is 5.15. The quantitative estimate of drug-likeness (QED) is 0.0262. The summed E-state index contributed by atoms with van der Waals surface area (Å²) in [5.74, 6) is 2.06. The maximum absolute atomic E-state index is 11.9. The third-order valence-electron chi connectivity index (χ3n) is 11.1. The van der Waals surface area contributed by atoms with Gasteiger partial charge in [-0.3, -0.25) is 0 Å². The Balaban J connectivity index is 0.912. The van der Waals surface area contributed by atoms with Crippen LogP contribution in [0.2, 0.25) is 0 Å². The van der Waals surface area contributed by atoms with Crippen LogP contribution in [0.15, 0.2) is 239 Å². The van der Waals surface area contributed by atoms with Crippen molar-refractivity contribution in [3.05, 3.63) is 255 Å². The van der Waals surface area contributed by atoms with Gasteiger partial charge in [-0.2, -0.15) is 0 Å². The minimum atomic E-state index is -0.548. The highest BCUT2D eigenvalue weighted by molar-refractivity contribution is 5.85. The van der Waals surface area contributed by atoms with E-state index >= 15 is 0 Å². The fourth-order valence-electron chi connectivity index (χ4n) is 7.36. The van der Waals surface area contributed by atoms with Crippen LogP contribution in [0.3, 0.4) is 0 Å². The Morgan fingerprint density at radius 1 is 0.324 bits per heavy atom. The number of nitrogens with zero attached hydrogens (tertiary/aromatic N) is 2. The molecular weight excluding hydrogens is 933 g/mol.